The molecule has 1 aliphatic heterocycles. The number of hydrogen-bond acceptors (Lipinski definition) is 7. The maximum Gasteiger partial charge on any atom is 0.309 e. The van der Waals surface area contributed by atoms with Crippen LogP contribution in [0.3, 0.4) is 0 Å². The first kappa shape index (κ1) is 24.2. The largest absolute Gasteiger partial charge is 0.455 e. The number of hydrogen-bond donors (Lipinski definition) is 1. The number of carbonyl (C=O) groups excluding carboxylic acids is 2. The summed E-state index contributed by atoms with van der Waals surface area (Å²) in [5.41, 5.74) is 1.18. The summed E-state index contributed by atoms with van der Waals surface area (Å²) in [5, 5.41) is 7.08. The van der Waals surface area contributed by atoms with Crippen molar-refractivity contribution < 1.29 is 27.3 Å². The predicted octanol–water partition coefficient (Wildman–Crippen LogP) is 2.77. The Morgan fingerprint density at radius 2 is 1.88 bits per heavy atom. The summed E-state index contributed by atoms with van der Waals surface area (Å²) < 4.78 is 37.2. The van der Waals surface area contributed by atoms with Crippen LogP contribution < -0.4 is 5.32 Å². The van der Waals surface area contributed by atoms with Gasteiger partial charge in [0.25, 0.3) is 5.91 Å². The van der Waals surface area contributed by atoms with Gasteiger partial charge in [-0.15, -0.1) is 0 Å². The van der Waals surface area contributed by atoms with Gasteiger partial charge in [0, 0.05) is 18.1 Å². The van der Waals surface area contributed by atoms with Gasteiger partial charge < -0.3 is 14.6 Å². The number of aromatic nitrogens is 1. The van der Waals surface area contributed by atoms with Gasteiger partial charge in [0.1, 0.15) is 10.6 Å². The molecule has 1 N–H and O–H groups in total. The Morgan fingerprint density at radius 3 is 2.44 bits per heavy atom. The Hall–Kier alpha value is -2.43. The van der Waals surface area contributed by atoms with Crippen molar-refractivity contribution in [3.05, 3.63) is 46.3 Å². The van der Waals surface area contributed by atoms with E-state index in [1.807, 2.05) is 19.1 Å². The molecule has 1 aliphatic rings. The lowest BCUT2D eigenvalue weighted by Gasteiger charge is -2.29. The van der Waals surface area contributed by atoms with Crippen LogP contribution in [0.4, 0.5) is 0 Å². The molecule has 1 aromatic heterocycles. The van der Waals surface area contributed by atoms with Gasteiger partial charge >= 0.3 is 5.97 Å². The van der Waals surface area contributed by atoms with Gasteiger partial charge in [-0.2, -0.15) is 4.31 Å². The Kier molecular flexibility index (Phi) is 7.58. The number of rotatable bonds is 7. The lowest BCUT2D eigenvalue weighted by atomic mass is 9.98. The molecule has 1 aromatic carbocycles. The molecule has 0 bridgehead atoms. The van der Waals surface area contributed by atoms with Crippen molar-refractivity contribution in [1.82, 2.24) is 14.8 Å². The number of esters is 1. The number of halogens is 1. The predicted molar refractivity (Wildman–Crippen MR) is 116 cm³/mol. The molecule has 0 spiro atoms. The van der Waals surface area contributed by atoms with Crippen LogP contribution in [0.15, 0.2) is 33.7 Å². The van der Waals surface area contributed by atoms with E-state index in [2.05, 4.69) is 10.5 Å². The van der Waals surface area contributed by atoms with Crippen molar-refractivity contribution in [2.24, 2.45) is 5.92 Å². The van der Waals surface area contributed by atoms with Gasteiger partial charge in [0.2, 0.25) is 10.0 Å². The number of nitrogens with zero attached hydrogens (tertiary/aromatic N) is 2. The Morgan fingerprint density at radius 1 is 1.25 bits per heavy atom. The number of nitrogens with one attached hydrogen (secondary N) is 1. The molecular formula is C21H26ClN3O6S. The smallest absolute Gasteiger partial charge is 0.309 e. The van der Waals surface area contributed by atoms with Crippen LogP contribution in [-0.4, -0.2) is 49.5 Å². The molecular weight excluding hydrogens is 458 g/mol. The van der Waals surface area contributed by atoms with E-state index in [0.717, 1.165) is 5.56 Å². The minimum absolute atomic E-state index is 0.0741. The fraction of sp³-hybridized carbons (Fsp3) is 0.476. The molecule has 0 saturated carbocycles. The molecule has 1 amide bonds. The summed E-state index contributed by atoms with van der Waals surface area (Å²) in [6.45, 7) is 4.90. The third kappa shape index (κ3) is 5.48. The van der Waals surface area contributed by atoms with E-state index in [1.54, 1.807) is 26.0 Å². The Balaban J connectivity index is 1.47. The van der Waals surface area contributed by atoms with E-state index in [1.165, 1.54) is 4.31 Å². The fourth-order valence-electron chi connectivity index (χ4n) is 3.68. The molecule has 11 heteroatoms. The lowest BCUT2D eigenvalue weighted by Crippen LogP contribution is -2.41. The molecule has 32 heavy (non-hydrogen) atoms. The van der Waals surface area contributed by atoms with Crippen LogP contribution in [0.5, 0.6) is 0 Å². The second-order valence-corrected chi connectivity index (χ2v) is 10.1. The van der Waals surface area contributed by atoms with E-state index in [-0.39, 0.29) is 29.8 Å². The maximum absolute atomic E-state index is 12.9. The summed E-state index contributed by atoms with van der Waals surface area (Å²) in [7, 11) is -3.74. The van der Waals surface area contributed by atoms with Crippen molar-refractivity contribution in [2.45, 2.75) is 44.6 Å². The Labute approximate surface area is 192 Å². The first-order valence-corrected chi connectivity index (χ1v) is 12.1. The van der Waals surface area contributed by atoms with E-state index in [9.17, 15) is 18.0 Å². The molecule has 1 saturated heterocycles. The average Bonchev–Trinajstić information content (AvgIpc) is 3.11. The average molecular weight is 484 g/mol. The standard InChI is InChI=1S/C21H26ClN3O6S/c1-13(16-4-6-18(22)7-5-16)23-19(26)12-30-21(27)17-8-10-25(11-9-17)32(28,29)20-14(2)24-31-15(20)3/h4-7,13,17H,8-12H2,1-3H3,(H,23,26). The first-order valence-electron chi connectivity index (χ1n) is 10.2. The maximum atomic E-state index is 12.9. The molecule has 1 unspecified atom stereocenters. The van der Waals surface area contributed by atoms with Crippen molar-refractivity contribution in [1.29, 1.82) is 0 Å². The van der Waals surface area contributed by atoms with E-state index in [0.29, 0.717) is 23.6 Å². The minimum atomic E-state index is -3.74. The third-order valence-corrected chi connectivity index (χ3v) is 7.84. The number of amides is 1. The van der Waals surface area contributed by atoms with Crippen molar-refractivity contribution in [3.8, 4) is 0 Å². The monoisotopic (exact) mass is 483 g/mol. The summed E-state index contributed by atoms with van der Waals surface area (Å²) >= 11 is 5.87. The fourth-order valence-corrected chi connectivity index (χ4v) is 5.56. The number of ether oxygens (including phenoxy) is 1. The molecule has 1 fully saturated rings. The highest BCUT2D eigenvalue weighted by molar-refractivity contribution is 7.89. The number of carbonyl (C=O) groups is 2. The lowest BCUT2D eigenvalue weighted by molar-refractivity contribution is -0.153. The molecule has 1 atom stereocenters. The van der Waals surface area contributed by atoms with Gasteiger partial charge in [-0.25, -0.2) is 8.42 Å². The summed E-state index contributed by atoms with van der Waals surface area (Å²) in [6, 6.07) is 6.82. The van der Waals surface area contributed by atoms with Gasteiger partial charge in [-0.05, 0) is 51.3 Å². The van der Waals surface area contributed by atoms with Crippen LogP contribution in [0.2, 0.25) is 5.02 Å². The normalized spacial score (nSPS) is 16.5. The van der Waals surface area contributed by atoms with E-state index in [4.69, 9.17) is 20.9 Å². The quantitative estimate of drug-likeness (QED) is 0.601. The number of piperidine rings is 1. The van der Waals surface area contributed by atoms with Gasteiger partial charge in [-0.3, -0.25) is 9.59 Å². The molecule has 2 heterocycles. The van der Waals surface area contributed by atoms with E-state index < -0.39 is 34.4 Å². The molecule has 2 aromatic rings. The van der Waals surface area contributed by atoms with Gasteiger partial charge in [0.15, 0.2) is 12.4 Å². The summed E-state index contributed by atoms with van der Waals surface area (Å²) in [6.07, 6.45) is 0.620. The first-order chi connectivity index (χ1) is 15.1. The summed E-state index contributed by atoms with van der Waals surface area (Å²) in [4.78, 5) is 24.6. The molecule has 0 aliphatic carbocycles. The zero-order chi connectivity index (χ0) is 23.5. The van der Waals surface area contributed by atoms with Gasteiger partial charge in [-0.1, -0.05) is 28.9 Å². The highest BCUT2D eigenvalue weighted by Gasteiger charge is 2.36. The third-order valence-electron chi connectivity index (χ3n) is 5.45. The SMILES string of the molecule is Cc1noc(C)c1S(=O)(=O)N1CCC(C(=O)OCC(=O)NC(C)c2ccc(Cl)cc2)CC1. The van der Waals surface area contributed by atoms with Gasteiger partial charge in [0.05, 0.1) is 12.0 Å². The summed E-state index contributed by atoms with van der Waals surface area (Å²) in [5.74, 6) is -1.15. The van der Waals surface area contributed by atoms with Crippen molar-refractivity contribution in [3.63, 3.8) is 0 Å². The van der Waals surface area contributed by atoms with Crippen LogP contribution in [0.1, 0.15) is 42.8 Å². The van der Waals surface area contributed by atoms with Crippen LogP contribution in [-0.2, 0) is 24.3 Å². The second kappa shape index (κ2) is 10.0. The van der Waals surface area contributed by atoms with Crippen molar-refractivity contribution in [2.75, 3.05) is 19.7 Å². The zero-order valence-corrected chi connectivity index (χ0v) is 19.7. The van der Waals surface area contributed by atoms with Crippen LogP contribution in [0, 0.1) is 19.8 Å². The highest BCUT2D eigenvalue weighted by atomic mass is 35.5. The van der Waals surface area contributed by atoms with Crippen molar-refractivity contribution >= 4 is 33.5 Å². The van der Waals surface area contributed by atoms with Crippen LogP contribution in [0.25, 0.3) is 0 Å². The number of aryl methyl sites for hydroxylation is 2. The Bertz CT molecular complexity index is 1060. The number of sulfonamides is 1. The van der Waals surface area contributed by atoms with E-state index >= 15 is 0 Å². The minimum Gasteiger partial charge on any atom is -0.455 e. The zero-order valence-electron chi connectivity index (χ0n) is 18.1. The molecule has 3 rings (SSSR count). The molecule has 174 valence electrons. The molecule has 9 nitrogen and oxygen atoms in total. The highest BCUT2D eigenvalue weighted by Crippen LogP contribution is 2.28. The topological polar surface area (TPSA) is 119 Å². The molecule has 0 radical (unpaired) electrons. The second-order valence-electron chi connectivity index (χ2n) is 7.78. The van der Waals surface area contributed by atoms with Crippen LogP contribution >= 0.6 is 11.6 Å². The number of benzene rings is 1.